The molecule has 1 amide bonds. The van der Waals surface area contributed by atoms with E-state index in [0.717, 1.165) is 6.42 Å². The first-order valence-corrected chi connectivity index (χ1v) is 6.35. The molecule has 0 saturated heterocycles. The summed E-state index contributed by atoms with van der Waals surface area (Å²) in [7, 11) is 0. The van der Waals surface area contributed by atoms with Gasteiger partial charge in [-0.25, -0.2) is 0 Å². The highest BCUT2D eigenvalue weighted by atomic mass is 16.5. The number of carbonyl (C=O) groups is 1. The Morgan fingerprint density at radius 1 is 1.44 bits per heavy atom. The van der Waals surface area contributed by atoms with Crippen molar-refractivity contribution >= 4 is 11.6 Å². The van der Waals surface area contributed by atoms with E-state index >= 15 is 0 Å². The third kappa shape index (κ3) is 3.95. The van der Waals surface area contributed by atoms with E-state index in [1.807, 2.05) is 6.92 Å². The van der Waals surface area contributed by atoms with E-state index in [4.69, 9.17) is 10.5 Å². The lowest BCUT2D eigenvalue weighted by atomic mass is 10.1. The van der Waals surface area contributed by atoms with Gasteiger partial charge in [0.2, 0.25) is 0 Å². The normalized spacial score (nSPS) is 10.4. The molecule has 0 heterocycles. The fourth-order valence-corrected chi connectivity index (χ4v) is 1.61. The van der Waals surface area contributed by atoms with Crippen molar-refractivity contribution in [1.82, 2.24) is 5.32 Å². The predicted molar refractivity (Wildman–Crippen MR) is 73.8 cm³/mol. The molecule has 1 aromatic carbocycles. The quantitative estimate of drug-likeness (QED) is 0.762. The van der Waals surface area contributed by atoms with Crippen molar-refractivity contribution in [2.45, 2.75) is 27.2 Å². The second-order valence-electron chi connectivity index (χ2n) is 4.60. The Bertz CT molecular complexity index is 403. The summed E-state index contributed by atoms with van der Waals surface area (Å²) in [6.45, 7) is 7.26. The summed E-state index contributed by atoms with van der Waals surface area (Å²) < 4.78 is 5.43. The van der Waals surface area contributed by atoms with Gasteiger partial charge in [-0.2, -0.15) is 0 Å². The highest BCUT2D eigenvalue weighted by molar-refractivity contribution is 5.98. The van der Waals surface area contributed by atoms with Gasteiger partial charge in [-0.1, -0.05) is 19.9 Å². The van der Waals surface area contributed by atoms with Gasteiger partial charge in [0.25, 0.3) is 5.91 Å². The number of benzene rings is 1. The van der Waals surface area contributed by atoms with Gasteiger partial charge in [0.1, 0.15) is 0 Å². The predicted octanol–water partition coefficient (Wildman–Crippen LogP) is 2.44. The molecule has 0 atom stereocenters. The fraction of sp³-hybridized carbons (Fsp3) is 0.500. The van der Waals surface area contributed by atoms with Crippen molar-refractivity contribution in [1.29, 1.82) is 0 Å². The number of ether oxygens (including phenoxy) is 1. The van der Waals surface area contributed by atoms with Crippen LogP contribution >= 0.6 is 0 Å². The van der Waals surface area contributed by atoms with E-state index < -0.39 is 0 Å². The molecule has 0 bridgehead atoms. The number of rotatable bonds is 6. The number of nitrogens with one attached hydrogen (secondary N) is 1. The number of para-hydroxylation sites is 1. The average molecular weight is 250 g/mol. The van der Waals surface area contributed by atoms with Crippen molar-refractivity contribution in [2.24, 2.45) is 5.92 Å². The van der Waals surface area contributed by atoms with Crippen LogP contribution in [0.2, 0.25) is 0 Å². The van der Waals surface area contributed by atoms with Crippen LogP contribution in [0, 0.1) is 5.92 Å². The maximum atomic E-state index is 12.0. The summed E-state index contributed by atoms with van der Waals surface area (Å²) in [4.78, 5) is 12.0. The third-order valence-electron chi connectivity index (χ3n) is 2.59. The van der Waals surface area contributed by atoms with Crippen molar-refractivity contribution in [3.05, 3.63) is 23.8 Å². The largest absolute Gasteiger partial charge is 0.491 e. The zero-order valence-electron chi connectivity index (χ0n) is 11.3. The van der Waals surface area contributed by atoms with Crippen LogP contribution in [-0.2, 0) is 0 Å². The van der Waals surface area contributed by atoms with Crippen molar-refractivity contribution in [3.8, 4) is 5.75 Å². The second kappa shape index (κ2) is 6.89. The molecule has 4 heteroatoms. The van der Waals surface area contributed by atoms with Gasteiger partial charge in [0.15, 0.2) is 5.75 Å². The molecule has 4 nitrogen and oxygen atoms in total. The molecule has 0 saturated carbocycles. The van der Waals surface area contributed by atoms with Crippen LogP contribution in [0.1, 0.15) is 37.6 Å². The van der Waals surface area contributed by atoms with Gasteiger partial charge < -0.3 is 15.8 Å². The van der Waals surface area contributed by atoms with Crippen LogP contribution in [-0.4, -0.2) is 19.1 Å². The van der Waals surface area contributed by atoms with Crippen LogP contribution in [0.15, 0.2) is 18.2 Å². The summed E-state index contributed by atoms with van der Waals surface area (Å²) in [5, 5.41) is 2.88. The first kappa shape index (κ1) is 14.4. The zero-order chi connectivity index (χ0) is 13.5. The molecule has 0 unspecified atom stereocenters. The molecule has 3 N–H and O–H groups in total. The zero-order valence-corrected chi connectivity index (χ0v) is 11.3. The molecule has 0 fully saturated rings. The van der Waals surface area contributed by atoms with Gasteiger partial charge in [0.05, 0.1) is 17.9 Å². The molecule has 0 aromatic heterocycles. The van der Waals surface area contributed by atoms with E-state index in [2.05, 4.69) is 19.2 Å². The number of anilines is 1. The molecule has 0 aliphatic rings. The fourth-order valence-electron chi connectivity index (χ4n) is 1.61. The minimum atomic E-state index is -0.133. The molecule has 1 rings (SSSR count). The smallest absolute Gasteiger partial charge is 0.255 e. The van der Waals surface area contributed by atoms with E-state index in [0.29, 0.717) is 36.1 Å². The molecule has 1 aromatic rings. The maximum absolute atomic E-state index is 12.0. The number of nitrogen functional groups attached to an aromatic ring is 1. The van der Waals surface area contributed by atoms with Crippen LogP contribution in [0.25, 0.3) is 0 Å². The Kier molecular flexibility index (Phi) is 5.49. The van der Waals surface area contributed by atoms with Gasteiger partial charge >= 0.3 is 0 Å². The Hall–Kier alpha value is -1.71. The molecule has 0 radical (unpaired) electrons. The van der Waals surface area contributed by atoms with Crippen molar-refractivity contribution in [3.63, 3.8) is 0 Å². The van der Waals surface area contributed by atoms with Gasteiger partial charge in [-0.05, 0) is 31.4 Å². The van der Waals surface area contributed by atoms with Gasteiger partial charge in [-0.15, -0.1) is 0 Å². The average Bonchev–Trinajstić information content (AvgIpc) is 2.31. The lowest BCUT2D eigenvalue weighted by molar-refractivity contribution is 0.0948. The van der Waals surface area contributed by atoms with E-state index in [1.165, 1.54) is 0 Å². The first-order valence-electron chi connectivity index (χ1n) is 6.35. The van der Waals surface area contributed by atoms with Gasteiger partial charge in [-0.3, -0.25) is 4.79 Å². The van der Waals surface area contributed by atoms with Crippen molar-refractivity contribution in [2.75, 3.05) is 18.9 Å². The Balaban J connectivity index is 2.75. The molecule has 18 heavy (non-hydrogen) atoms. The van der Waals surface area contributed by atoms with E-state index in [1.54, 1.807) is 18.2 Å². The SMILES string of the molecule is CCOc1c(N)cccc1C(=O)NCCC(C)C. The Labute approximate surface area is 109 Å². The minimum absolute atomic E-state index is 0.133. The lowest BCUT2D eigenvalue weighted by Gasteiger charge is -2.13. The summed E-state index contributed by atoms with van der Waals surface area (Å²) >= 11 is 0. The standard InChI is InChI=1S/C14H22N2O2/c1-4-18-13-11(6-5-7-12(13)15)14(17)16-9-8-10(2)3/h5-7,10H,4,8-9,15H2,1-3H3,(H,16,17). The molecule has 0 aliphatic carbocycles. The molecule has 0 spiro atoms. The highest BCUT2D eigenvalue weighted by Gasteiger charge is 2.14. The molecular weight excluding hydrogens is 228 g/mol. The van der Waals surface area contributed by atoms with Crippen LogP contribution < -0.4 is 15.8 Å². The van der Waals surface area contributed by atoms with Gasteiger partial charge in [0, 0.05) is 6.54 Å². The van der Waals surface area contributed by atoms with Crippen LogP contribution in [0.3, 0.4) is 0 Å². The van der Waals surface area contributed by atoms with Crippen molar-refractivity contribution < 1.29 is 9.53 Å². The molecular formula is C14H22N2O2. The number of carbonyl (C=O) groups excluding carboxylic acids is 1. The number of hydrogen-bond acceptors (Lipinski definition) is 3. The number of hydrogen-bond donors (Lipinski definition) is 2. The van der Waals surface area contributed by atoms with Crippen LogP contribution in [0.4, 0.5) is 5.69 Å². The third-order valence-corrected chi connectivity index (χ3v) is 2.59. The Morgan fingerprint density at radius 3 is 2.78 bits per heavy atom. The number of nitrogens with two attached hydrogens (primary N) is 1. The number of amides is 1. The molecule has 100 valence electrons. The summed E-state index contributed by atoms with van der Waals surface area (Å²) in [6.07, 6.45) is 0.956. The summed E-state index contributed by atoms with van der Waals surface area (Å²) in [6, 6.07) is 5.22. The van der Waals surface area contributed by atoms with Crippen LogP contribution in [0.5, 0.6) is 5.75 Å². The monoisotopic (exact) mass is 250 g/mol. The second-order valence-corrected chi connectivity index (χ2v) is 4.60. The first-order chi connectivity index (χ1) is 8.56. The minimum Gasteiger partial charge on any atom is -0.491 e. The lowest BCUT2D eigenvalue weighted by Crippen LogP contribution is -2.26. The maximum Gasteiger partial charge on any atom is 0.255 e. The van der Waals surface area contributed by atoms with E-state index in [-0.39, 0.29) is 5.91 Å². The summed E-state index contributed by atoms with van der Waals surface area (Å²) in [5.74, 6) is 0.908. The van der Waals surface area contributed by atoms with E-state index in [9.17, 15) is 4.79 Å². The highest BCUT2D eigenvalue weighted by Crippen LogP contribution is 2.26. The topological polar surface area (TPSA) is 64.3 Å². The Morgan fingerprint density at radius 2 is 2.17 bits per heavy atom. The molecule has 0 aliphatic heterocycles. The summed E-state index contributed by atoms with van der Waals surface area (Å²) in [5.41, 5.74) is 6.81.